The number of alkyl halides is 1. The van der Waals surface area contributed by atoms with Crippen LogP contribution in [0.15, 0.2) is 92.4 Å². The van der Waals surface area contributed by atoms with Crippen LogP contribution in [0.5, 0.6) is 5.75 Å². The maximum Gasteiger partial charge on any atom is 0.288 e. The van der Waals surface area contributed by atoms with Gasteiger partial charge in [-0.15, -0.1) is 3.77 Å². The van der Waals surface area contributed by atoms with Gasteiger partial charge in [0.15, 0.2) is 5.50 Å². The smallest absolute Gasteiger partial charge is 0.288 e. The van der Waals surface area contributed by atoms with Gasteiger partial charge in [-0.2, -0.15) is 8.42 Å². The third-order valence-corrected chi connectivity index (χ3v) is 7.60. The fraction of sp³-hybridized carbons (Fsp3) is 0.100. The Morgan fingerprint density at radius 3 is 2.15 bits per heavy atom. The molecule has 27 heavy (non-hydrogen) atoms. The topological polar surface area (TPSA) is 66.7 Å². The van der Waals surface area contributed by atoms with E-state index in [1.54, 1.807) is 54.6 Å². The predicted octanol–water partition coefficient (Wildman–Crippen LogP) is 4.92. The van der Waals surface area contributed by atoms with Crippen LogP contribution in [-0.4, -0.2) is 13.5 Å². The van der Waals surface area contributed by atoms with E-state index >= 15 is 4.39 Å². The van der Waals surface area contributed by atoms with Crippen molar-refractivity contribution in [2.75, 3.05) is 0 Å². The van der Waals surface area contributed by atoms with E-state index in [0.717, 1.165) is 5.56 Å². The van der Waals surface area contributed by atoms with Crippen LogP contribution in [0, 0.1) is 6.92 Å². The molecule has 0 saturated heterocycles. The minimum absolute atomic E-state index is 0.0127. The first kappa shape index (κ1) is 19.3. The first-order valence-electron chi connectivity index (χ1n) is 8.13. The maximum absolute atomic E-state index is 15.3. The van der Waals surface area contributed by atoms with Crippen molar-refractivity contribution in [2.24, 2.45) is 3.77 Å². The fourth-order valence-corrected chi connectivity index (χ4v) is 5.85. The Hall–Kier alpha value is -2.51. The molecule has 3 rings (SSSR count). The van der Waals surface area contributed by atoms with Crippen LogP contribution >= 0.6 is 0 Å². The van der Waals surface area contributed by atoms with E-state index in [4.69, 9.17) is 0 Å². The molecule has 0 aliphatic rings. The lowest BCUT2D eigenvalue weighted by Crippen LogP contribution is -2.07. The summed E-state index contributed by atoms with van der Waals surface area (Å²) in [5.74, 6) is -0.192. The summed E-state index contributed by atoms with van der Waals surface area (Å²) in [6, 6.07) is 20.5. The van der Waals surface area contributed by atoms with Crippen molar-refractivity contribution in [3.63, 3.8) is 0 Å². The van der Waals surface area contributed by atoms with Gasteiger partial charge in [-0.3, -0.25) is 0 Å². The first-order valence-corrected chi connectivity index (χ1v) is 10.8. The average molecular weight is 404 g/mol. The molecule has 0 spiro atoms. The van der Waals surface area contributed by atoms with E-state index < -0.39 is 26.2 Å². The second-order valence-corrected chi connectivity index (χ2v) is 9.37. The van der Waals surface area contributed by atoms with Crippen molar-refractivity contribution >= 4 is 20.7 Å². The molecule has 7 heteroatoms. The summed E-state index contributed by atoms with van der Waals surface area (Å²) in [6.45, 7) is 1.84. The molecule has 3 aromatic rings. The molecule has 0 fully saturated rings. The number of phenolic OH excluding ortho intramolecular Hbond substituents is 1. The number of aryl methyl sites for hydroxylation is 1. The van der Waals surface area contributed by atoms with E-state index in [2.05, 4.69) is 3.77 Å². The second-order valence-electron chi connectivity index (χ2n) is 5.87. The third kappa shape index (κ3) is 4.43. The van der Waals surface area contributed by atoms with Gasteiger partial charge in [-0.1, -0.05) is 60.2 Å². The highest BCUT2D eigenvalue weighted by atomic mass is 32.3. The number of aromatic hydroxyl groups is 1. The van der Waals surface area contributed by atoms with Crippen LogP contribution in [-0.2, 0) is 20.7 Å². The predicted molar refractivity (Wildman–Crippen MR) is 105 cm³/mol. The Morgan fingerprint density at radius 2 is 1.52 bits per heavy atom. The molecule has 2 unspecified atom stereocenters. The molecule has 0 saturated carbocycles. The van der Waals surface area contributed by atoms with E-state index in [9.17, 15) is 13.5 Å². The Bertz CT molecular complexity index is 1070. The normalized spacial score (nSPS) is 14.0. The zero-order valence-electron chi connectivity index (χ0n) is 14.5. The summed E-state index contributed by atoms with van der Waals surface area (Å²) in [5.41, 5.74) is -0.507. The van der Waals surface area contributed by atoms with Gasteiger partial charge in [-0.05, 0) is 47.4 Å². The highest BCUT2D eigenvalue weighted by Crippen LogP contribution is 2.34. The van der Waals surface area contributed by atoms with E-state index in [1.165, 1.54) is 24.3 Å². The highest BCUT2D eigenvalue weighted by Gasteiger charge is 2.24. The van der Waals surface area contributed by atoms with Gasteiger partial charge in [0.05, 0.1) is 9.79 Å². The number of sulfonamides is 1. The number of phenols is 1. The summed E-state index contributed by atoms with van der Waals surface area (Å²) in [6.07, 6.45) is 0. The van der Waals surface area contributed by atoms with Crippen LogP contribution in [0.3, 0.4) is 0 Å². The van der Waals surface area contributed by atoms with Crippen molar-refractivity contribution in [1.82, 2.24) is 0 Å². The van der Waals surface area contributed by atoms with Gasteiger partial charge in [0.2, 0.25) is 0 Å². The van der Waals surface area contributed by atoms with Crippen molar-refractivity contribution < 1.29 is 17.9 Å². The summed E-state index contributed by atoms with van der Waals surface area (Å²) in [7, 11) is -5.86. The van der Waals surface area contributed by atoms with E-state index in [0.29, 0.717) is 5.56 Å². The fourth-order valence-electron chi connectivity index (χ4n) is 2.42. The van der Waals surface area contributed by atoms with Crippen LogP contribution in [0.25, 0.3) is 0 Å². The Kier molecular flexibility index (Phi) is 5.72. The maximum atomic E-state index is 15.3. The van der Waals surface area contributed by atoms with E-state index in [-0.39, 0.29) is 15.5 Å². The van der Waals surface area contributed by atoms with Gasteiger partial charge in [0.25, 0.3) is 10.0 Å². The monoisotopic (exact) mass is 403 g/mol. The lowest BCUT2D eigenvalue weighted by molar-refractivity contribution is 0.452. The van der Waals surface area contributed by atoms with Crippen LogP contribution in [0.2, 0.25) is 0 Å². The SMILES string of the molecule is Cc1ccc(S(=O)(=O)N=S(c2ccccc2O)C(F)c2ccccc2)cc1. The van der Waals surface area contributed by atoms with Crippen molar-refractivity contribution in [3.8, 4) is 5.75 Å². The molecule has 0 radical (unpaired) electrons. The van der Waals surface area contributed by atoms with E-state index in [1.807, 2.05) is 6.92 Å². The number of halogens is 1. The van der Waals surface area contributed by atoms with Gasteiger partial charge in [-0.25, -0.2) is 4.39 Å². The Morgan fingerprint density at radius 1 is 0.926 bits per heavy atom. The first-order chi connectivity index (χ1) is 12.9. The van der Waals surface area contributed by atoms with Crippen LogP contribution in [0.4, 0.5) is 4.39 Å². The van der Waals surface area contributed by atoms with Crippen molar-refractivity contribution in [3.05, 3.63) is 90.0 Å². The standard InChI is InChI=1S/C20H18FNO3S2/c1-15-11-13-17(14-12-15)27(24,25)22-26(19-10-6-5-9-18(19)23)20(21)16-7-3-2-4-8-16/h2-14,20,23H,1H3. The Labute approximate surface area is 160 Å². The molecule has 0 aromatic heterocycles. The molecular formula is C20H18FNO3S2. The number of benzene rings is 3. The summed E-state index contributed by atoms with van der Waals surface area (Å²) >= 11 is 0. The zero-order chi connectivity index (χ0) is 19.4. The zero-order valence-corrected chi connectivity index (χ0v) is 16.1. The molecule has 0 amide bonds. The summed E-state index contributed by atoms with van der Waals surface area (Å²) < 4.78 is 44.7. The molecule has 0 heterocycles. The molecule has 0 aliphatic heterocycles. The highest BCUT2D eigenvalue weighted by molar-refractivity contribution is 8.00. The number of rotatable bonds is 5. The lowest BCUT2D eigenvalue weighted by Gasteiger charge is -2.15. The van der Waals surface area contributed by atoms with Crippen LogP contribution < -0.4 is 0 Å². The summed E-state index contributed by atoms with van der Waals surface area (Å²) in [4.78, 5) is 0.130. The van der Waals surface area contributed by atoms with Gasteiger partial charge in [0, 0.05) is 0 Å². The second kappa shape index (κ2) is 8.02. The quantitative estimate of drug-likeness (QED) is 0.658. The van der Waals surface area contributed by atoms with Crippen LogP contribution in [0.1, 0.15) is 16.6 Å². The minimum atomic E-state index is -4.11. The number of para-hydroxylation sites is 1. The molecule has 140 valence electrons. The lowest BCUT2D eigenvalue weighted by atomic mass is 10.2. The molecular weight excluding hydrogens is 385 g/mol. The Balaban J connectivity index is 2.16. The van der Waals surface area contributed by atoms with Gasteiger partial charge in [0.1, 0.15) is 5.75 Å². The number of hydrogen-bond donors (Lipinski definition) is 1. The minimum Gasteiger partial charge on any atom is -0.507 e. The molecule has 2 atom stereocenters. The molecule has 0 aliphatic carbocycles. The molecule has 1 N–H and O–H groups in total. The molecule has 4 nitrogen and oxygen atoms in total. The number of hydrogen-bond acceptors (Lipinski definition) is 3. The van der Waals surface area contributed by atoms with Crippen molar-refractivity contribution in [2.45, 2.75) is 22.2 Å². The third-order valence-electron chi connectivity index (χ3n) is 3.85. The summed E-state index contributed by atoms with van der Waals surface area (Å²) in [5, 5.41) is 10.2. The largest absolute Gasteiger partial charge is 0.507 e. The average Bonchev–Trinajstić information content (AvgIpc) is 2.67. The van der Waals surface area contributed by atoms with Gasteiger partial charge < -0.3 is 5.11 Å². The molecule has 0 bridgehead atoms. The number of nitrogens with zero attached hydrogens (tertiary/aromatic N) is 1. The molecule has 3 aromatic carbocycles. The van der Waals surface area contributed by atoms with Crippen molar-refractivity contribution in [1.29, 1.82) is 0 Å². The van der Waals surface area contributed by atoms with Gasteiger partial charge >= 0.3 is 0 Å².